The second-order valence-electron chi connectivity index (χ2n) is 4.16. The van der Waals surface area contributed by atoms with E-state index in [1.165, 1.54) is 10.6 Å². The van der Waals surface area contributed by atoms with Gasteiger partial charge in [-0.2, -0.15) is 4.31 Å². The molecule has 8 heteroatoms. The first-order valence-corrected chi connectivity index (χ1v) is 7.52. The summed E-state index contributed by atoms with van der Waals surface area (Å²) in [5, 5.41) is 0.101. The standard InChI is InChI=1S/C9H15BrN4O2S/c1-12-3-5-14(6-4-12)17(15,16)9-8(10)13(2)7-11-9/h7H,3-6H2,1-2H3. The van der Waals surface area contributed by atoms with Crippen molar-refractivity contribution in [1.29, 1.82) is 0 Å². The van der Waals surface area contributed by atoms with E-state index in [1.54, 1.807) is 11.6 Å². The molecule has 0 saturated carbocycles. The highest BCUT2D eigenvalue weighted by Gasteiger charge is 2.31. The Kier molecular flexibility index (Phi) is 3.58. The molecule has 0 unspecified atom stereocenters. The van der Waals surface area contributed by atoms with Crippen molar-refractivity contribution in [3.05, 3.63) is 10.9 Å². The summed E-state index contributed by atoms with van der Waals surface area (Å²) < 4.78 is 28.3. The van der Waals surface area contributed by atoms with E-state index in [0.29, 0.717) is 17.7 Å². The molecule has 96 valence electrons. The number of piperazine rings is 1. The Morgan fingerprint density at radius 2 is 1.82 bits per heavy atom. The second kappa shape index (κ2) is 4.68. The van der Waals surface area contributed by atoms with Crippen LogP contribution in [-0.2, 0) is 17.1 Å². The molecule has 6 nitrogen and oxygen atoms in total. The van der Waals surface area contributed by atoms with Gasteiger partial charge in [0.2, 0.25) is 5.03 Å². The zero-order chi connectivity index (χ0) is 12.6. The smallest absolute Gasteiger partial charge is 0.263 e. The number of likely N-dealkylation sites (N-methyl/N-ethyl adjacent to an activating group) is 1. The largest absolute Gasteiger partial charge is 0.327 e. The molecule has 0 aromatic carbocycles. The van der Waals surface area contributed by atoms with Crippen molar-refractivity contribution in [3.63, 3.8) is 0 Å². The number of rotatable bonds is 2. The second-order valence-corrected chi connectivity index (χ2v) is 6.76. The highest BCUT2D eigenvalue weighted by atomic mass is 79.9. The Hall–Kier alpha value is -0.440. The number of halogens is 1. The van der Waals surface area contributed by atoms with Crippen LogP contribution in [0.2, 0.25) is 0 Å². The number of sulfonamides is 1. The molecule has 0 N–H and O–H groups in total. The van der Waals surface area contributed by atoms with Crippen molar-refractivity contribution in [1.82, 2.24) is 18.8 Å². The van der Waals surface area contributed by atoms with Gasteiger partial charge in [-0.25, -0.2) is 13.4 Å². The fourth-order valence-corrected chi connectivity index (χ4v) is 3.95. The maximum Gasteiger partial charge on any atom is 0.263 e. The first kappa shape index (κ1) is 13.0. The zero-order valence-electron chi connectivity index (χ0n) is 9.80. The molecule has 0 atom stereocenters. The molecule has 2 heterocycles. The minimum absolute atomic E-state index is 0.101. The highest BCUT2D eigenvalue weighted by molar-refractivity contribution is 9.10. The lowest BCUT2D eigenvalue weighted by molar-refractivity contribution is 0.222. The van der Waals surface area contributed by atoms with E-state index in [-0.39, 0.29) is 5.03 Å². The van der Waals surface area contributed by atoms with E-state index in [1.807, 2.05) is 7.05 Å². The lowest BCUT2D eigenvalue weighted by Crippen LogP contribution is -2.47. The third-order valence-electron chi connectivity index (χ3n) is 2.88. The summed E-state index contributed by atoms with van der Waals surface area (Å²) >= 11 is 3.25. The summed E-state index contributed by atoms with van der Waals surface area (Å²) in [5.41, 5.74) is 0. The van der Waals surface area contributed by atoms with Crippen LogP contribution >= 0.6 is 15.9 Å². The van der Waals surface area contributed by atoms with Gasteiger partial charge in [0, 0.05) is 33.2 Å². The van der Waals surface area contributed by atoms with E-state index in [2.05, 4.69) is 25.8 Å². The van der Waals surface area contributed by atoms with Crippen molar-refractivity contribution in [3.8, 4) is 0 Å². The number of imidazole rings is 1. The zero-order valence-corrected chi connectivity index (χ0v) is 12.2. The molecule has 1 aliphatic rings. The quantitative estimate of drug-likeness (QED) is 0.776. The van der Waals surface area contributed by atoms with Gasteiger partial charge in [-0.1, -0.05) is 0 Å². The van der Waals surface area contributed by atoms with Crippen molar-refractivity contribution in [2.75, 3.05) is 33.2 Å². The van der Waals surface area contributed by atoms with Crippen LogP contribution in [0.25, 0.3) is 0 Å². The lowest BCUT2D eigenvalue weighted by atomic mass is 10.4. The molecule has 0 amide bonds. The average Bonchev–Trinajstić information content (AvgIpc) is 2.61. The van der Waals surface area contributed by atoms with Crippen molar-refractivity contribution in [2.24, 2.45) is 7.05 Å². The molecule has 17 heavy (non-hydrogen) atoms. The number of hydrogen-bond acceptors (Lipinski definition) is 4. The maximum atomic E-state index is 12.3. The highest BCUT2D eigenvalue weighted by Crippen LogP contribution is 2.23. The van der Waals surface area contributed by atoms with Gasteiger partial charge in [-0.15, -0.1) is 0 Å². The Morgan fingerprint density at radius 3 is 2.29 bits per heavy atom. The average molecular weight is 323 g/mol. The Bertz CT molecular complexity index is 505. The van der Waals surface area contributed by atoms with E-state index < -0.39 is 10.0 Å². The summed E-state index contributed by atoms with van der Waals surface area (Å²) in [6, 6.07) is 0. The Balaban J connectivity index is 2.28. The fraction of sp³-hybridized carbons (Fsp3) is 0.667. The van der Waals surface area contributed by atoms with Crippen molar-refractivity contribution < 1.29 is 8.42 Å². The molecule has 1 fully saturated rings. The van der Waals surface area contributed by atoms with E-state index in [4.69, 9.17) is 0 Å². The van der Waals surface area contributed by atoms with E-state index >= 15 is 0 Å². The summed E-state index contributed by atoms with van der Waals surface area (Å²) in [6.07, 6.45) is 1.49. The van der Waals surface area contributed by atoms with Crippen LogP contribution in [0, 0.1) is 0 Å². The Labute approximate surface area is 109 Å². The molecule has 0 spiro atoms. The molecule has 1 aromatic rings. The SMILES string of the molecule is CN1CCN(S(=O)(=O)c2ncn(C)c2Br)CC1. The third kappa shape index (κ3) is 2.40. The fourth-order valence-electron chi connectivity index (χ4n) is 1.72. The van der Waals surface area contributed by atoms with Gasteiger partial charge in [0.25, 0.3) is 10.0 Å². The molecule has 1 saturated heterocycles. The molecule has 1 aliphatic heterocycles. The van der Waals surface area contributed by atoms with Crippen LogP contribution in [0.15, 0.2) is 16.0 Å². The molecular weight excluding hydrogens is 308 g/mol. The maximum absolute atomic E-state index is 12.3. The topological polar surface area (TPSA) is 58.4 Å². The van der Waals surface area contributed by atoms with Gasteiger partial charge in [0.15, 0.2) is 0 Å². The van der Waals surface area contributed by atoms with Gasteiger partial charge in [0.1, 0.15) is 4.60 Å². The van der Waals surface area contributed by atoms with E-state index in [9.17, 15) is 8.42 Å². The number of hydrogen-bond donors (Lipinski definition) is 0. The first-order chi connectivity index (χ1) is 7.93. The normalized spacial score (nSPS) is 19.7. The number of aromatic nitrogens is 2. The molecule has 0 aliphatic carbocycles. The van der Waals surface area contributed by atoms with Crippen LogP contribution in [0.4, 0.5) is 0 Å². The van der Waals surface area contributed by atoms with Crippen LogP contribution < -0.4 is 0 Å². The van der Waals surface area contributed by atoms with Crippen LogP contribution in [0.5, 0.6) is 0 Å². The third-order valence-corrected chi connectivity index (χ3v) is 5.91. The monoisotopic (exact) mass is 322 g/mol. The molecule has 0 radical (unpaired) electrons. The van der Waals surface area contributed by atoms with E-state index in [0.717, 1.165) is 13.1 Å². The minimum Gasteiger partial charge on any atom is -0.327 e. The van der Waals surface area contributed by atoms with Crippen molar-refractivity contribution >= 4 is 26.0 Å². The summed E-state index contributed by atoms with van der Waals surface area (Å²) in [4.78, 5) is 6.06. The Morgan fingerprint density at radius 1 is 1.24 bits per heavy atom. The first-order valence-electron chi connectivity index (χ1n) is 5.28. The summed E-state index contributed by atoms with van der Waals surface area (Å²) in [5.74, 6) is 0. The van der Waals surface area contributed by atoms with Gasteiger partial charge in [-0.3, -0.25) is 0 Å². The van der Waals surface area contributed by atoms with Crippen LogP contribution in [-0.4, -0.2) is 60.4 Å². The number of nitrogens with zero attached hydrogens (tertiary/aromatic N) is 4. The van der Waals surface area contributed by atoms with Gasteiger partial charge in [0.05, 0.1) is 6.33 Å². The molecule has 1 aromatic heterocycles. The minimum atomic E-state index is -3.47. The number of aryl methyl sites for hydroxylation is 1. The summed E-state index contributed by atoms with van der Waals surface area (Å²) in [6.45, 7) is 2.54. The van der Waals surface area contributed by atoms with Gasteiger partial charge in [-0.05, 0) is 23.0 Å². The predicted molar refractivity (Wildman–Crippen MR) is 67.2 cm³/mol. The predicted octanol–water partition coefficient (Wildman–Crippen LogP) is 0.119. The van der Waals surface area contributed by atoms with Gasteiger partial charge < -0.3 is 9.47 Å². The van der Waals surface area contributed by atoms with Crippen molar-refractivity contribution in [2.45, 2.75) is 5.03 Å². The van der Waals surface area contributed by atoms with Crippen LogP contribution in [0.1, 0.15) is 0 Å². The molecule has 2 rings (SSSR count). The van der Waals surface area contributed by atoms with Gasteiger partial charge >= 0.3 is 0 Å². The molecule has 0 bridgehead atoms. The lowest BCUT2D eigenvalue weighted by Gasteiger charge is -2.31. The summed E-state index contributed by atoms with van der Waals surface area (Å²) in [7, 11) is 0.269. The van der Waals surface area contributed by atoms with Crippen LogP contribution in [0.3, 0.4) is 0 Å². The molecular formula is C9H15BrN4O2S.